The van der Waals surface area contributed by atoms with E-state index in [1.54, 1.807) is 0 Å². The summed E-state index contributed by atoms with van der Waals surface area (Å²) in [6, 6.07) is 14.4. The Morgan fingerprint density at radius 1 is 1.12 bits per heavy atom. The molecule has 1 atom stereocenters. The van der Waals surface area contributed by atoms with Crippen LogP contribution in [-0.4, -0.2) is 21.5 Å². The zero-order chi connectivity index (χ0) is 18.0. The normalized spacial score (nSPS) is 12.5. The number of nitrogens with one attached hydrogen (secondary N) is 1. The average Bonchev–Trinajstić information content (AvgIpc) is 3.04. The van der Waals surface area contributed by atoms with E-state index in [-0.39, 0.29) is 11.9 Å². The van der Waals surface area contributed by atoms with Gasteiger partial charge in [0.1, 0.15) is 6.33 Å². The molecule has 1 unspecified atom stereocenters. The number of imidazole rings is 1. The van der Waals surface area contributed by atoms with Crippen LogP contribution in [0.4, 0.5) is 0 Å². The number of fused-ring (bicyclic) bond motifs is 1. The molecule has 4 heteroatoms. The minimum atomic E-state index is -0.0490. The molecule has 0 aliphatic carbocycles. The maximum atomic E-state index is 12.3. The fourth-order valence-electron chi connectivity index (χ4n) is 2.79. The molecule has 0 spiro atoms. The van der Waals surface area contributed by atoms with E-state index in [0.717, 1.165) is 23.1 Å². The highest BCUT2D eigenvalue weighted by Crippen LogP contribution is 2.22. The van der Waals surface area contributed by atoms with E-state index in [4.69, 9.17) is 0 Å². The van der Waals surface area contributed by atoms with Gasteiger partial charge in [-0.15, -0.1) is 0 Å². The van der Waals surface area contributed by atoms with Gasteiger partial charge in [-0.2, -0.15) is 0 Å². The maximum Gasteiger partial charge on any atom is 0.251 e. The molecule has 0 saturated carbocycles. The van der Waals surface area contributed by atoms with Crippen LogP contribution in [-0.2, 0) is 0 Å². The highest BCUT2D eigenvalue weighted by atomic mass is 16.1. The second kappa shape index (κ2) is 7.09. The quantitative estimate of drug-likeness (QED) is 0.736. The van der Waals surface area contributed by atoms with E-state index in [2.05, 4.69) is 59.9 Å². The summed E-state index contributed by atoms with van der Waals surface area (Å²) in [7, 11) is 0. The van der Waals surface area contributed by atoms with Crippen LogP contribution in [0.25, 0.3) is 16.7 Å². The Hall–Kier alpha value is -2.62. The molecule has 130 valence electrons. The van der Waals surface area contributed by atoms with Gasteiger partial charge in [0.25, 0.3) is 5.91 Å². The molecule has 0 fully saturated rings. The minimum Gasteiger partial charge on any atom is -0.350 e. The number of carbonyl (C=O) groups excluding carboxylic acids is 1. The zero-order valence-corrected chi connectivity index (χ0v) is 15.3. The Morgan fingerprint density at radius 2 is 1.84 bits per heavy atom. The summed E-state index contributed by atoms with van der Waals surface area (Å²) >= 11 is 0. The van der Waals surface area contributed by atoms with Gasteiger partial charge in [-0.3, -0.25) is 9.36 Å². The minimum absolute atomic E-state index is 0.0490. The second-order valence-electron chi connectivity index (χ2n) is 6.85. The highest BCUT2D eigenvalue weighted by molar-refractivity contribution is 5.97. The lowest BCUT2D eigenvalue weighted by Gasteiger charge is -2.11. The summed E-state index contributed by atoms with van der Waals surface area (Å²) in [4.78, 5) is 16.8. The van der Waals surface area contributed by atoms with Gasteiger partial charge < -0.3 is 5.32 Å². The number of benzene rings is 2. The third-order valence-corrected chi connectivity index (χ3v) is 4.64. The van der Waals surface area contributed by atoms with Crippen LogP contribution in [0.15, 0.2) is 48.8 Å². The fourth-order valence-corrected chi connectivity index (χ4v) is 2.79. The van der Waals surface area contributed by atoms with Crippen molar-refractivity contribution < 1.29 is 4.79 Å². The van der Waals surface area contributed by atoms with Crippen LogP contribution in [0.1, 0.15) is 56.0 Å². The molecule has 1 N–H and O–H groups in total. The van der Waals surface area contributed by atoms with E-state index in [1.165, 1.54) is 5.56 Å². The third kappa shape index (κ3) is 3.58. The number of nitrogens with zero attached hydrogens (tertiary/aromatic N) is 2. The van der Waals surface area contributed by atoms with Crippen molar-refractivity contribution in [3.8, 4) is 5.69 Å². The summed E-state index contributed by atoms with van der Waals surface area (Å²) in [5.41, 5.74) is 4.86. The van der Waals surface area contributed by atoms with Gasteiger partial charge >= 0.3 is 0 Å². The molecule has 1 heterocycles. The van der Waals surface area contributed by atoms with Crippen LogP contribution in [0.5, 0.6) is 0 Å². The van der Waals surface area contributed by atoms with Gasteiger partial charge in [0.05, 0.1) is 11.0 Å². The molecule has 0 aliphatic heterocycles. The number of hydrogen-bond acceptors (Lipinski definition) is 2. The van der Waals surface area contributed by atoms with Crippen molar-refractivity contribution in [3.05, 3.63) is 59.9 Å². The molecule has 2 aromatic carbocycles. The lowest BCUT2D eigenvalue weighted by molar-refractivity contribution is 0.0939. The monoisotopic (exact) mass is 335 g/mol. The zero-order valence-electron chi connectivity index (χ0n) is 15.3. The topological polar surface area (TPSA) is 46.9 Å². The predicted octanol–water partition coefficient (Wildman–Crippen LogP) is 4.68. The molecule has 4 nitrogen and oxygen atoms in total. The average molecular weight is 335 g/mol. The highest BCUT2D eigenvalue weighted by Gasteiger charge is 2.12. The fraction of sp³-hybridized carbons (Fsp3) is 0.333. The smallest absolute Gasteiger partial charge is 0.251 e. The summed E-state index contributed by atoms with van der Waals surface area (Å²) in [6.07, 6.45) is 2.72. The summed E-state index contributed by atoms with van der Waals surface area (Å²) in [6.45, 7) is 8.44. The van der Waals surface area contributed by atoms with Gasteiger partial charge in [-0.1, -0.05) is 32.9 Å². The van der Waals surface area contributed by atoms with E-state index < -0.39 is 0 Å². The molecule has 0 aliphatic rings. The molecule has 3 aromatic rings. The molecule has 0 bridgehead atoms. The molecule has 3 rings (SSSR count). The second-order valence-corrected chi connectivity index (χ2v) is 6.85. The Kier molecular flexibility index (Phi) is 4.88. The molecular weight excluding hydrogens is 310 g/mol. The van der Waals surface area contributed by atoms with Gasteiger partial charge in [0.2, 0.25) is 0 Å². The summed E-state index contributed by atoms with van der Waals surface area (Å²) in [5.74, 6) is 0.465. The Morgan fingerprint density at radius 3 is 2.48 bits per heavy atom. The predicted molar refractivity (Wildman–Crippen MR) is 102 cm³/mol. The molecule has 1 amide bonds. The first-order valence-electron chi connectivity index (χ1n) is 8.88. The molecule has 0 radical (unpaired) electrons. The van der Waals surface area contributed by atoms with Crippen LogP contribution in [0.3, 0.4) is 0 Å². The molecule has 25 heavy (non-hydrogen) atoms. The Balaban J connectivity index is 1.91. The van der Waals surface area contributed by atoms with E-state index in [9.17, 15) is 4.79 Å². The number of amides is 1. The lowest BCUT2D eigenvalue weighted by Crippen LogP contribution is -2.31. The lowest BCUT2D eigenvalue weighted by atomic mass is 10.0. The van der Waals surface area contributed by atoms with Crippen LogP contribution in [0.2, 0.25) is 0 Å². The van der Waals surface area contributed by atoms with Crippen molar-refractivity contribution in [1.82, 2.24) is 14.9 Å². The Labute approximate surface area is 148 Å². The first-order chi connectivity index (χ1) is 12.0. The number of rotatable bonds is 5. The number of carbonyl (C=O) groups is 1. The van der Waals surface area contributed by atoms with Crippen molar-refractivity contribution in [2.75, 3.05) is 0 Å². The van der Waals surface area contributed by atoms with Crippen molar-refractivity contribution in [3.63, 3.8) is 0 Å². The van der Waals surface area contributed by atoms with Gasteiger partial charge in [0, 0.05) is 17.3 Å². The third-order valence-electron chi connectivity index (χ3n) is 4.64. The maximum absolute atomic E-state index is 12.3. The van der Waals surface area contributed by atoms with Crippen molar-refractivity contribution in [2.45, 2.75) is 46.1 Å². The van der Waals surface area contributed by atoms with Crippen LogP contribution < -0.4 is 5.32 Å². The van der Waals surface area contributed by atoms with E-state index in [1.807, 2.05) is 31.5 Å². The summed E-state index contributed by atoms with van der Waals surface area (Å²) in [5, 5.41) is 2.99. The van der Waals surface area contributed by atoms with Crippen LogP contribution in [0, 0.1) is 0 Å². The molecule has 0 saturated heterocycles. The largest absolute Gasteiger partial charge is 0.350 e. The standard InChI is InChI=1S/C21H25N3O/c1-5-15(4)23-21(25)17-8-11-20-19(12-17)22-13-24(20)18-9-6-16(7-10-18)14(2)3/h6-15H,5H2,1-4H3,(H,23,25). The molecule has 1 aromatic heterocycles. The molecular formula is C21H25N3O. The van der Waals surface area contributed by atoms with E-state index in [0.29, 0.717) is 11.5 Å². The summed E-state index contributed by atoms with van der Waals surface area (Å²) < 4.78 is 2.05. The number of aromatic nitrogens is 2. The Bertz CT molecular complexity index is 878. The SMILES string of the molecule is CCC(C)NC(=O)c1ccc2c(c1)ncn2-c1ccc(C(C)C)cc1. The number of hydrogen-bond donors (Lipinski definition) is 1. The van der Waals surface area contributed by atoms with Gasteiger partial charge in [0.15, 0.2) is 0 Å². The van der Waals surface area contributed by atoms with Crippen molar-refractivity contribution in [2.24, 2.45) is 0 Å². The van der Waals surface area contributed by atoms with Gasteiger partial charge in [-0.05, 0) is 55.2 Å². The van der Waals surface area contributed by atoms with Crippen molar-refractivity contribution >= 4 is 16.9 Å². The first-order valence-corrected chi connectivity index (χ1v) is 8.88. The van der Waals surface area contributed by atoms with Crippen molar-refractivity contribution in [1.29, 1.82) is 0 Å². The van der Waals surface area contributed by atoms with Crippen LogP contribution >= 0.6 is 0 Å². The van der Waals surface area contributed by atoms with E-state index >= 15 is 0 Å². The first kappa shape index (κ1) is 17.2. The van der Waals surface area contributed by atoms with Gasteiger partial charge in [-0.25, -0.2) is 4.98 Å².